The molecule has 0 spiro atoms. The van der Waals surface area contributed by atoms with Gasteiger partial charge in [-0.1, -0.05) is 0 Å². The van der Waals surface area contributed by atoms with Gasteiger partial charge in [-0.2, -0.15) is 4.98 Å². The average Bonchev–Trinajstić information content (AvgIpc) is 2.17. The van der Waals surface area contributed by atoms with Crippen LogP contribution in [0, 0.1) is 6.92 Å². The second kappa shape index (κ2) is 4.55. The summed E-state index contributed by atoms with van der Waals surface area (Å²) in [5, 5.41) is 0. The Morgan fingerprint density at radius 2 is 2.21 bits per heavy atom. The van der Waals surface area contributed by atoms with E-state index in [9.17, 15) is 4.79 Å². The molecule has 0 atom stereocenters. The van der Waals surface area contributed by atoms with Gasteiger partial charge in [0.05, 0.1) is 13.7 Å². The second-order valence-electron chi connectivity index (χ2n) is 2.60. The van der Waals surface area contributed by atoms with Gasteiger partial charge in [0.1, 0.15) is 0 Å². The van der Waals surface area contributed by atoms with Gasteiger partial charge in [-0.3, -0.25) is 0 Å². The Morgan fingerprint density at radius 1 is 1.50 bits per heavy atom. The Bertz CT molecular complexity index is 339. The molecule has 1 rings (SSSR count). The number of carbonyl (C=O) groups excluding carboxylic acids is 1. The van der Waals surface area contributed by atoms with Crippen molar-refractivity contribution in [1.82, 2.24) is 9.97 Å². The first kappa shape index (κ1) is 10.4. The molecule has 0 radical (unpaired) electrons. The Balaban J connectivity index is 2.96. The summed E-state index contributed by atoms with van der Waals surface area (Å²) in [5.41, 5.74) is 0.667. The molecule has 5 nitrogen and oxygen atoms in total. The molecular weight excluding hydrogens is 184 g/mol. The van der Waals surface area contributed by atoms with E-state index < -0.39 is 5.97 Å². The predicted octanol–water partition coefficient (Wildman–Crippen LogP) is 0.970. The van der Waals surface area contributed by atoms with E-state index in [1.54, 1.807) is 19.9 Å². The van der Waals surface area contributed by atoms with Gasteiger partial charge in [-0.25, -0.2) is 9.78 Å². The minimum atomic E-state index is -0.533. The van der Waals surface area contributed by atoms with E-state index in [1.807, 2.05) is 0 Å². The van der Waals surface area contributed by atoms with Crippen LogP contribution in [0.5, 0.6) is 5.88 Å². The quantitative estimate of drug-likeness (QED) is 0.674. The molecule has 0 amide bonds. The molecule has 0 unspecified atom stereocenters. The van der Waals surface area contributed by atoms with Crippen LogP contribution in [0.3, 0.4) is 0 Å². The highest BCUT2D eigenvalue weighted by atomic mass is 16.5. The number of rotatable bonds is 3. The fourth-order valence-corrected chi connectivity index (χ4v) is 0.931. The van der Waals surface area contributed by atoms with Gasteiger partial charge < -0.3 is 9.47 Å². The summed E-state index contributed by atoms with van der Waals surface area (Å²) in [6.07, 6.45) is 0. The molecule has 5 heteroatoms. The molecule has 0 aliphatic heterocycles. The lowest BCUT2D eigenvalue weighted by Gasteiger charge is -2.03. The summed E-state index contributed by atoms with van der Waals surface area (Å²) in [6, 6.07) is 1.64. The largest absolute Gasteiger partial charge is 0.481 e. The number of aryl methyl sites for hydroxylation is 1. The summed E-state index contributed by atoms with van der Waals surface area (Å²) in [7, 11) is 1.48. The molecule has 1 aromatic heterocycles. The molecule has 76 valence electrons. The van der Waals surface area contributed by atoms with Crippen LogP contribution in [0.25, 0.3) is 0 Å². The fraction of sp³-hybridized carbons (Fsp3) is 0.444. The lowest BCUT2D eigenvalue weighted by Crippen LogP contribution is -2.11. The van der Waals surface area contributed by atoms with E-state index in [0.29, 0.717) is 18.2 Å². The first-order chi connectivity index (χ1) is 6.67. The smallest absolute Gasteiger partial charge is 0.376 e. The molecule has 0 aliphatic carbocycles. The topological polar surface area (TPSA) is 61.3 Å². The van der Waals surface area contributed by atoms with Crippen LogP contribution in [-0.4, -0.2) is 29.7 Å². The van der Waals surface area contributed by atoms with Crippen molar-refractivity contribution in [2.75, 3.05) is 13.7 Å². The number of hydrogen-bond donors (Lipinski definition) is 0. The SMILES string of the molecule is CCOC(=O)c1nc(C)cc(OC)n1. The van der Waals surface area contributed by atoms with Crippen molar-refractivity contribution in [3.63, 3.8) is 0 Å². The van der Waals surface area contributed by atoms with Crippen molar-refractivity contribution < 1.29 is 14.3 Å². The molecule has 0 N–H and O–H groups in total. The monoisotopic (exact) mass is 196 g/mol. The Labute approximate surface area is 82.1 Å². The minimum absolute atomic E-state index is 0.0312. The molecule has 0 fully saturated rings. The maximum atomic E-state index is 11.3. The zero-order valence-electron chi connectivity index (χ0n) is 8.40. The van der Waals surface area contributed by atoms with E-state index in [1.165, 1.54) is 7.11 Å². The average molecular weight is 196 g/mol. The first-order valence-corrected chi connectivity index (χ1v) is 4.24. The van der Waals surface area contributed by atoms with E-state index in [4.69, 9.17) is 9.47 Å². The van der Waals surface area contributed by atoms with Gasteiger partial charge in [0.2, 0.25) is 11.7 Å². The number of aromatic nitrogens is 2. The normalized spacial score (nSPS) is 9.64. The lowest BCUT2D eigenvalue weighted by molar-refractivity contribution is 0.0510. The molecule has 0 aromatic carbocycles. The van der Waals surface area contributed by atoms with E-state index in [2.05, 4.69) is 9.97 Å². The molecule has 1 heterocycles. The van der Waals surface area contributed by atoms with Crippen LogP contribution in [0.4, 0.5) is 0 Å². The number of ether oxygens (including phenoxy) is 2. The number of esters is 1. The lowest BCUT2D eigenvalue weighted by atomic mass is 10.4. The maximum absolute atomic E-state index is 11.3. The van der Waals surface area contributed by atoms with Crippen LogP contribution in [0.2, 0.25) is 0 Å². The van der Waals surface area contributed by atoms with Crippen molar-refractivity contribution in [3.05, 3.63) is 17.6 Å². The van der Waals surface area contributed by atoms with Gasteiger partial charge >= 0.3 is 5.97 Å². The standard InChI is InChI=1S/C9H12N2O3/c1-4-14-9(12)8-10-6(2)5-7(11-8)13-3/h5H,4H2,1-3H3. The zero-order chi connectivity index (χ0) is 10.6. The Kier molecular flexibility index (Phi) is 3.39. The minimum Gasteiger partial charge on any atom is -0.481 e. The number of carbonyl (C=O) groups is 1. The zero-order valence-corrected chi connectivity index (χ0v) is 8.40. The Hall–Kier alpha value is -1.65. The summed E-state index contributed by atoms with van der Waals surface area (Å²) in [5.74, 6) is -0.140. The van der Waals surface area contributed by atoms with Crippen LogP contribution in [0.1, 0.15) is 23.2 Å². The van der Waals surface area contributed by atoms with Crippen molar-refractivity contribution in [2.24, 2.45) is 0 Å². The third kappa shape index (κ3) is 2.42. The van der Waals surface area contributed by atoms with Gasteiger partial charge in [-0.15, -0.1) is 0 Å². The molecule has 14 heavy (non-hydrogen) atoms. The fourth-order valence-electron chi connectivity index (χ4n) is 0.931. The molecule has 0 bridgehead atoms. The van der Waals surface area contributed by atoms with Gasteiger partial charge in [0.15, 0.2) is 0 Å². The summed E-state index contributed by atoms with van der Waals surface area (Å²) < 4.78 is 9.67. The van der Waals surface area contributed by atoms with Gasteiger partial charge in [-0.05, 0) is 13.8 Å². The highest BCUT2D eigenvalue weighted by Crippen LogP contribution is 2.08. The molecule has 0 aliphatic rings. The highest BCUT2D eigenvalue weighted by molar-refractivity contribution is 5.85. The van der Waals surface area contributed by atoms with E-state index >= 15 is 0 Å². The molecular formula is C9H12N2O3. The maximum Gasteiger partial charge on any atom is 0.376 e. The third-order valence-electron chi connectivity index (χ3n) is 1.50. The second-order valence-corrected chi connectivity index (χ2v) is 2.60. The van der Waals surface area contributed by atoms with Crippen LogP contribution >= 0.6 is 0 Å². The van der Waals surface area contributed by atoms with Crippen molar-refractivity contribution in [3.8, 4) is 5.88 Å². The summed E-state index contributed by atoms with van der Waals surface area (Å²) in [6.45, 7) is 3.79. The van der Waals surface area contributed by atoms with Crippen molar-refractivity contribution in [2.45, 2.75) is 13.8 Å². The molecule has 0 saturated heterocycles. The van der Waals surface area contributed by atoms with E-state index in [0.717, 1.165) is 0 Å². The first-order valence-electron chi connectivity index (χ1n) is 4.24. The number of methoxy groups -OCH3 is 1. The van der Waals surface area contributed by atoms with Crippen LogP contribution in [-0.2, 0) is 4.74 Å². The number of nitrogens with zero attached hydrogens (tertiary/aromatic N) is 2. The summed E-state index contributed by atoms with van der Waals surface area (Å²) >= 11 is 0. The third-order valence-corrected chi connectivity index (χ3v) is 1.50. The van der Waals surface area contributed by atoms with Gasteiger partial charge in [0, 0.05) is 11.8 Å². The summed E-state index contributed by atoms with van der Waals surface area (Å²) in [4.78, 5) is 19.1. The van der Waals surface area contributed by atoms with Crippen molar-refractivity contribution in [1.29, 1.82) is 0 Å². The van der Waals surface area contributed by atoms with Crippen molar-refractivity contribution >= 4 is 5.97 Å². The van der Waals surface area contributed by atoms with Gasteiger partial charge in [0.25, 0.3) is 0 Å². The van der Waals surface area contributed by atoms with Crippen LogP contribution < -0.4 is 4.74 Å². The Morgan fingerprint density at radius 3 is 2.79 bits per heavy atom. The van der Waals surface area contributed by atoms with E-state index in [-0.39, 0.29) is 5.82 Å². The predicted molar refractivity (Wildman–Crippen MR) is 49.3 cm³/mol. The molecule has 1 aromatic rings. The molecule has 0 saturated carbocycles. The number of hydrogen-bond acceptors (Lipinski definition) is 5. The van der Waals surface area contributed by atoms with Crippen LogP contribution in [0.15, 0.2) is 6.07 Å². The highest BCUT2D eigenvalue weighted by Gasteiger charge is 2.12.